The molecular formula is C12H11N3O4. The number of hydrogen-bond donors (Lipinski definition) is 2. The monoisotopic (exact) mass is 261 g/mol. The fourth-order valence-electron chi connectivity index (χ4n) is 2.39. The minimum absolute atomic E-state index is 0.00651. The van der Waals surface area contributed by atoms with E-state index in [4.69, 9.17) is 10.2 Å². The minimum atomic E-state index is -1.07. The van der Waals surface area contributed by atoms with Crippen molar-refractivity contribution in [1.82, 2.24) is 9.80 Å². The summed E-state index contributed by atoms with van der Waals surface area (Å²) in [6.45, 7) is 1.05. The standard InChI is InChI=1S/C12H11N3O4/c16-11(17)9-1-2-14-4-7-3-8(10(14)13-9)6-15(5-7)12(18)19/h1,5-6H,2-4H2,(H,16,17)(H,18,19). The Morgan fingerprint density at radius 3 is 2.74 bits per heavy atom. The highest BCUT2D eigenvalue weighted by atomic mass is 16.4. The second kappa shape index (κ2) is 3.98. The number of carboxylic acid groups (broad SMARTS) is 2. The third-order valence-corrected chi connectivity index (χ3v) is 3.19. The summed E-state index contributed by atoms with van der Waals surface area (Å²) < 4.78 is 0. The van der Waals surface area contributed by atoms with Gasteiger partial charge in [0.1, 0.15) is 11.5 Å². The van der Waals surface area contributed by atoms with Crippen LogP contribution in [0.4, 0.5) is 4.79 Å². The van der Waals surface area contributed by atoms with Crippen LogP contribution in [0.5, 0.6) is 0 Å². The Hall–Kier alpha value is -2.57. The lowest BCUT2D eigenvalue weighted by Gasteiger charge is -2.37. The molecule has 0 unspecified atom stereocenters. The van der Waals surface area contributed by atoms with E-state index in [1.165, 1.54) is 6.20 Å². The summed E-state index contributed by atoms with van der Waals surface area (Å²) in [4.78, 5) is 29.1. The molecule has 0 radical (unpaired) electrons. The van der Waals surface area contributed by atoms with Crippen LogP contribution in [0.15, 0.2) is 40.3 Å². The number of rotatable bonds is 1. The zero-order valence-electron chi connectivity index (χ0n) is 9.91. The zero-order chi connectivity index (χ0) is 13.6. The maximum Gasteiger partial charge on any atom is 0.415 e. The normalized spacial score (nSPS) is 20.8. The van der Waals surface area contributed by atoms with Crippen molar-refractivity contribution in [2.75, 3.05) is 13.1 Å². The SMILES string of the molecule is O=C(O)C1=CCN2CC3=CN(C(=O)O)C=C(C3)C2=N1. The number of fused-ring (bicyclic) bond motifs is 4. The van der Waals surface area contributed by atoms with Crippen LogP contribution in [0.3, 0.4) is 0 Å². The van der Waals surface area contributed by atoms with E-state index in [9.17, 15) is 9.59 Å². The quantitative estimate of drug-likeness (QED) is 0.729. The molecule has 3 aliphatic heterocycles. The highest BCUT2D eigenvalue weighted by Crippen LogP contribution is 2.30. The van der Waals surface area contributed by atoms with Crippen molar-refractivity contribution in [2.24, 2.45) is 4.99 Å². The summed E-state index contributed by atoms with van der Waals surface area (Å²) in [5, 5.41) is 18.0. The molecule has 3 rings (SSSR count). The molecule has 7 heteroatoms. The van der Waals surface area contributed by atoms with Crippen LogP contribution in [-0.2, 0) is 4.79 Å². The summed E-state index contributed by atoms with van der Waals surface area (Å²) in [6, 6.07) is 0. The third-order valence-electron chi connectivity index (χ3n) is 3.19. The van der Waals surface area contributed by atoms with Gasteiger partial charge in [-0.25, -0.2) is 14.6 Å². The van der Waals surface area contributed by atoms with Crippen molar-refractivity contribution >= 4 is 17.9 Å². The molecule has 0 atom stereocenters. The molecule has 2 N–H and O–H groups in total. The van der Waals surface area contributed by atoms with Gasteiger partial charge < -0.3 is 15.1 Å². The highest BCUT2D eigenvalue weighted by Gasteiger charge is 2.31. The van der Waals surface area contributed by atoms with Gasteiger partial charge in [-0.05, 0) is 11.6 Å². The molecule has 0 aromatic heterocycles. The molecule has 1 fully saturated rings. The molecule has 0 spiro atoms. The van der Waals surface area contributed by atoms with Crippen molar-refractivity contribution in [3.63, 3.8) is 0 Å². The van der Waals surface area contributed by atoms with E-state index in [-0.39, 0.29) is 5.70 Å². The van der Waals surface area contributed by atoms with Gasteiger partial charge in [0.05, 0.1) is 0 Å². The van der Waals surface area contributed by atoms with E-state index < -0.39 is 12.1 Å². The highest BCUT2D eigenvalue weighted by molar-refractivity contribution is 6.04. The van der Waals surface area contributed by atoms with Crippen LogP contribution in [0.25, 0.3) is 0 Å². The number of amides is 1. The van der Waals surface area contributed by atoms with Crippen molar-refractivity contribution in [3.8, 4) is 0 Å². The molecule has 19 heavy (non-hydrogen) atoms. The number of piperidine rings is 1. The lowest BCUT2D eigenvalue weighted by molar-refractivity contribution is -0.132. The number of hydrogen-bond acceptors (Lipinski definition) is 4. The van der Waals surface area contributed by atoms with E-state index in [0.717, 1.165) is 16.0 Å². The summed E-state index contributed by atoms with van der Waals surface area (Å²) in [7, 11) is 0. The smallest absolute Gasteiger partial charge is 0.415 e. The average Bonchev–Trinajstić information content (AvgIpc) is 2.37. The van der Waals surface area contributed by atoms with Crippen molar-refractivity contribution < 1.29 is 19.8 Å². The number of amidine groups is 1. The Bertz CT molecular complexity index is 600. The van der Waals surface area contributed by atoms with Crippen molar-refractivity contribution in [2.45, 2.75) is 6.42 Å². The zero-order valence-corrected chi connectivity index (χ0v) is 9.91. The number of aliphatic carboxylic acids is 1. The molecule has 3 heterocycles. The fraction of sp³-hybridized carbons (Fsp3) is 0.250. The molecule has 0 saturated carbocycles. The summed E-state index contributed by atoms with van der Waals surface area (Å²) in [5.41, 5.74) is 1.72. The van der Waals surface area contributed by atoms with Gasteiger partial charge in [0.2, 0.25) is 0 Å². The molecule has 3 aliphatic rings. The molecule has 1 saturated heterocycles. The molecule has 0 aliphatic carbocycles. The topological polar surface area (TPSA) is 93.4 Å². The molecule has 1 amide bonds. The molecule has 0 aromatic carbocycles. The number of carboxylic acids is 1. The van der Waals surface area contributed by atoms with Gasteiger partial charge in [0, 0.05) is 37.5 Å². The Balaban J connectivity index is 1.99. The Morgan fingerprint density at radius 1 is 1.26 bits per heavy atom. The molecule has 98 valence electrons. The average molecular weight is 261 g/mol. The first-order valence-electron chi connectivity index (χ1n) is 5.73. The lowest BCUT2D eigenvalue weighted by Crippen LogP contribution is -2.43. The molecule has 2 bridgehead atoms. The predicted octanol–water partition coefficient (Wildman–Crippen LogP) is 0.834. The first-order valence-corrected chi connectivity index (χ1v) is 5.73. The summed E-state index contributed by atoms with van der Waals surface area (Å²) >= 11 is 0. The first-order chi connectivity index (χ1) is 9.04. The lowest BCUT2D eigenvalue weighted by atomic mass is 9.96. The fourth-order valence-corrected chi connectivity index (χ4v) is 2.39. The maximum absolute atomic E-state index is 11.0. The van der Waals surface area contributed by atoms with Gasteiger partial charge in [0.25, 0.3) is 0 Å². The Morgan fingerprint density at radius 2 is 2.05 bits per heavy atom. The van der Waals surface area contributed by atoms with Crippen LogP contribution in [0.2, 0.25) is 0 Å². The summed E-state index contributed by atoms with van der Waals surface area (Å²) in [5.74, 6) is -0.511. The van der Waals surface area contributed by atoms with E-state index in [1.807, 2.05) is 4.90 Å². The van der Waals surface area contributed by atoms with Gasteiger partial charge in [-0.2, -0.15) is 0 Å². The van der Waals surface area contributed by atoms with E-state index >= 15 is 0 Å². The van der Waals surface area contributed by atoms with E-state index in [1.54, 1.807) is 12.3 Å². The minimum Gasteiger partial charge on any atom is -0.477 e. The van der Waals surface area contributed by atoms with Crippen LogP contribution in [0.1, 0.15) is 6.42 Å². The molecular weight excluding hydrogens is 250 g/mol. The van der Waals surface area contributed by atoms with Gasteiger partial charge in [0.15, 0.2) is 0 Å². The molecule has 7 nitrogen and oxygen atoms in total. The largest absolute Gasteiger partial charge is 0.477 e. The number of nitrogens with zero attached hydrogens (tertiary/aromatic N) is 3. The molecule has 0 aromatic rings. The Kier molecular flexibility index (Phi) is 2.41. The van der Waals surface area contributed by atoms with Crippen molar-refractivity contribution in [1.29, 1.82) is 0 Å². The van der Waals surface area contributed by atoms with Gasteiger partial charge >= 0.3 is 12.1 Å². The predicted molar refractivity (Wildman–Crippen MR) is 65.4 cm³/mol. The van der Waals surface area contributed by atoms with Crippen molar-refractivity contribution in [3.05, 3.63) is 35.3 Å². The second-order valence-electron chi connectivity index (χ2n) is 4.52. The second-order valence-corrected chi connectivity index (χ2v) is 4.52. The van der Waals surface area contributed by atoms with Crippen LogP contribution in [0, 0.1) is 0 Å². The number of carbonyl (C=O) groups is 2. The van der Waals surface area contributed by atoms with Gasteiger partial charge in [-0.1, -0.05) is 0 Å². The summed E-state index contributed by atoms with van der Waals surface area (Å²) in [6.07, 6.45) is 4.20. The maximum atomic E-state index is 11.0. The van der Waals surface area contributed by atoms with Gasteiger partial charge in [-0.15, -0.1) is 0 Å². The van der Waals surface area contributed by atoms with Gasteiger partial charge in [-0.3, -0.25) is 4.90 Å². The third kappa shape index (κ3) is 1.88. The van der Waals surface area contributed by atoms with E-state index in [0.29, 0.717) is 25.3 Å². The van der Waals surface area contributed by atoms with Crippen LogP contribution in [-0.4, -0.2) is 51.0 Å². The van der Waals surface area contributed by atoms with Crippen LogP contribution < -0.4 is 0 Å². The first kappa shape index (κ1) is 11.5. The number of aliphatic imine (C=N–C) groups is 1. The van der Waals surface area contributed by atoms with Crippen LogP contribution >= 0.6 is 0 Å². The Labute approximate surface area is 108 Å². The van der Waals surface area contributed by atoms with E-state index in [2.05, 4.69) is 4.99 Å².